The third-order valence-electron chi connectivity index (χ3n) is 3.63. The molecule has 0 bridgehead atoms. The number of hydrogen-bond donors (Lipinski definition) is 2. The topological polar surface area (TPSA) is 59.1 Å². The Labute approximate surface area is 107 Å². The summed E-state index contributed by atoms with van der Waals surface area (Å²) in [5.41, 5.74) is 7.56. The fraction of sp³-hybridized carbons (Fsp3) is 0.615. The first-order valence-corrected chi connectivity index (χ1v) is 6.28. The van der Waals surface area contributed by atoms with E-state index >= 15 is 0 Å². The summed E-state index contributed by atoms with van der Waals surface area (Å²) in [6.07, 6.45) is 1.60. The zero-order chi connectivity index (χ0) is 12.8. The molecule has 1 saturated carbocycles. The van der Waals surface area contributed by atoms with Crippen molar-refractivity contribution >= 4 is 17.4 Å². The van der Waals surface area contributed by atoms with Gasteiger partial charge in [0.15, 0.2) is 0 Å². The van der Waals surface area contributed by atoms with Crippen LogP contribution in [0.2, 0.25) is 5.02 Å². The SMILES string of the molecule is Cc1nc(N)c(Cl)cc1[C@@H](O)C1CC(C)(C)C1. The van der Waals surface area contributed by atoms with Gasteiger partial charge in [-0.15, -0.1) is 0 Å². The zero-order valence-corrected chi connectivity index (χ0v) is 11.3. The van der Waals surface area contributed by atoms with Crippen LogP contribution in [0.4, 0.5) is 5.82 Å². The quantitative estimate of drug-likeness (QED) is 0.853. The lowest BCUT2D eigenvalue weighted by Crippen LogP contribution is -2.35. The minimum absolute atomic E-state index is 0.310. The number of aryl methyl sites for hydroxylation is 1. The molecule has 0 aliphatic heterocycles. The average Bonchev–Trinajstić information content (AvgIpc) is 2.19. The first kappa shape index (κ1) is 12.7. The molecule has 1 aromatic heterocycles. The maximum absolute atomic E-state index is 10.3. The smallest absolute Gasteiger partial charge is 0.142 e. The summed E-state index contributed by atoms with van der Waals surface area (Å²) in [4.78, 5) is 4.16. The summed E-state index contributed by atoms with van der Waals surface area (Å²) in [6, 6.07) is 1.75. The third-order valence-corrected chi connectivity index (χ3v) is 3.93. The van der Waals surface area contributed by atoms with Crippen LogP contribution in [0.5, 0.6) is 0 Å². The summed E-state index contributed by atoms with van der Waals surface area (Å²) in [6.45, 7) is 6.30. The van der Waals surface area contributed by atoms with Gasteiger partial charge in [-0.05, 0) is 37.2 Å². The highest BCUT2D eigenvalue weighted by Crippen LogP contribution is 2.50. The number of aliphatic hydroxyl groups excluding tert-OH is 1. The first-order valence-electron chi connectivity index (χ1n) is 5.91. The molecule has 17 heavy (non-hydrogen) atoms. The van der Waals surface area contributed by atoms with E-state index in [1.807, 2.05) is 6.92 Å². The molecule has 1 aliphatic rings. The molecule has 0 spiro atoms. The molecule has 0 aromatic carbocycles. The largest absolute Gasteiger partial charge is 0.388 e. The number of hydrogen-bond acceptors (Lipinski definition) is 3. The van der Waals surface area contributed by atoms with Crippen LogP contribution in [0.15, 0.2) is 6.07 Å². The molecule has 3 nitrogen and oxygen atoms in total. The van der Waals surface area contributed by atoms with Gasteiger partial charge in [0, 0.05) is 11.3 Å². The molecule has 1 fully saturated rings. The van der Waals surface area contributed by atoms with Crippen LogP contribution in [-0.2, 0) is 0 Å². The van der Waals surface area contributed by atoms with Gasteiger partial charge in [0.25, 0.3) is 0 Å². The fourth-order valence-corrected chi connectivity index (χ4v) is 2.91. The van der Waals surface area contributed by atoms with Crippen molar-refractivity contribution in [3.63, 3.8) is 0 Å². The minimum Gasteiger partial charge on any atom is -0.388 e. The Balaban J connectivity index is 2.20. The lowest BCUT2D eigenvalue weighted by molar-refractivity contribution is -0.0151. The Kier molecular flexibility index (Phi) is 3.08. The molecule has 2 rings (SSSR count). The summed E-state index contributed by atoms with van der Waals surface area (Å²) in [5, 5.41) is 10.7. The molecule has 1 heterocycles. The van der Waals surface area contributed by atoms with E-state index in [1.54, 1.807) is 6.07 Å². The number of anilines is 1. The summed E-state index contributed by atoms with van der Waals surface area (Å²) >= 11 is 5.95. The van der Waals surface area contributed by atoms with Crippen molar-refractivity contribution in [2.75, 3.05) is 5.73 Å². The Morgan fingerprint density at radius 2 is 2.12 bits per heavy atom. The van der Waals surface area contributed by atoms with Crippen LogP contribution >= 0.6 is 11.6 Å². The number of halogens is 1. The first-order chi connectivity index (χ1) is 7.80. The summed E-state index contributed by atoms with van der Waals surface area (Å²) in [7, 11) is 0. The lowest BCUT2D eigenvalue weighted by atomic mass is 9.62. The fourth-order valence-electron chi connectivity index (χ4n) is 2.75. The molecule has 0 radical (unpaired) electrons. The van der Waals surface area contributed by atoms with Crippen LogP contribution < -0.4 is 5.73 Å². The molecule has 1 aliphatic carbocycles. The second-order valence-electron chi connectivity index (χ2n) is 5.81. The average molecular weight is 255 g/mol. The maximum atomic E-state index is 10.3. The Morgan fingerprint density at radius 1 is 1.53 bits per heavy atom. The highest BCUT2D eigenvalue weighted by Gasteiger charge is 2.40. The van der Waals surface area contributed by atoms with E-state index in [4.69, 9.17) is 17.3 Å². The van der Waals surface area contributed by atoms with Gasteiger partial charge in [0.2, 0.25) is 0 Å². The second kappa shape index (κ2) is 4.14. The normalized spacial score (nSPS) is 21.0. The third kappa shape index (κ3) is 2.40. The molecule has 4 heteroatoms. The number of pyridine rings is 1. The van der Waals surface area contributed by atoms with E-state index in [0.717, 1.165) is 24.1 Å². The number of rotatable bonds is 2. The second-order valence-corrected chi connectivity index (χ2v) is 6.21. The van der Waals surface area contributed by atoms with Gasteiger partial charge in [0.1, 0.15) is 5.82 Å². The van der Waals surface area contributed by atoms with E-state index < -0.39 is 6.10 Å². The zero-order valence-electron chi connectivity index (χ0n) is 10.5. The molecule has 1 aromatic rings. The van der Waals surface area contributed by atoms with Crippen LogP contribution in [0.25, 0.3) is 0 Å². The van der Waals surface area contributed by atoms with Crippen molar-refractivity contribution in [1.82, 2.24) is 4.98 Å². The van der Waals surface area contributed by atoms with Crippen molar-refractivity contribution in [3.8, 4) is 0 Å². The number of nitrogens with two attached hydrogens (primary N) is 1. The summed E-state index contributed by atoms with van der Waals surface area (Å²) in [5.74, 6) is 0.638. The molecule has 94 valence electrons. The van der Waals surface area contributed by atoms with Gasteiger partial charge in [-0.1, -0.05) is 25.4 Å². The van der Waals surface area contributed by atoms with E-state index in [0.29, 0.717) is 22.2 Å². The number of nitrogen functional groups attached to an aromatic ring is 1. The van der Waals surface area contributed by atoms with Crippen LogP contribution in [0.3, 0.4) is 0 Å². The van der Waals surface area contributed by atoms with Crippen molar-refractivity contribution in [1.29, 1.82) is 0 Å². The Bertz CT molecular complexity index is 437. The highest BCUT2D eigenvalue weighted by atomic mass is 35.5. The van der Waals surface area contributed by atoms with E-state index in [2.05, 4.69) is 18.8 Å². The van der Waals surface area contributed by atoms with E-state index in [1.165, 1.54) is 0 Å². The van der Waals surface area contributed by atoms with Crippen LogP contribution in [0.1, 0.15) is 44.1 Å². The van der Waals surface area contributed by atoms with Gasteiger partial charge in [-0.2, -0.15) is 0 Å². The molecule has 0 unspecified atom stereocenters. The molecule has 0 saturated heterocycles. The highest BCUT2D eigenvalue weighted by molar-refractivity contribution is 6.32. The molecule has 1 atom stereocenters. The van der Waals surface area contributed by atoms with Crippen molar-refractivity contribution in [2.24, 2.45) is 11.3 Å². The van der Waals surface area contributed by atoms with Gasteiger partial charge < -0.3 is 10.8 Å². The monoisotopic (exact) mass is 254 g/mol. The van der Waals surface area contributed by atoms with Gasteiger partial charge in [0.05, 0.1) is 11.1 Å². The minimum atomic E-state index is -0.478. The number of aliphatic hydroxyl groups is 1. The number of aromatic nitrogens is 1. The molecular formula is C13H19ClN2O. The van der Waals surface area contributed by atoms with Gasteiger partial charge in [-0.3, -0.25) is 0 Å². The van der Waals surface area contributed by atoms with Gasteiger partial charge >= 0.3 is 0 Å². The van der Waals surface area contributed by atoms with E-state index in [9.17, 15) is 5.11 Å². The maximum Gasteiger partial charge on any atom is 0.142 e. The van der Waals surface area contributed by atoms with Crippen molar-refractivity contribution in [3.05, 3.63) is 22.3 Å². The predicted octanol–water partition coefficient (Wildman–Crippen LogP) is 3.10. The van der Waals surface area contributed by atoms with E-state index in [-0.39, 0.29) is 0 Å². The molecule has 3 N–H and O–H groups in total. The number of nitrogens with zero attached hydrogens (tertiary/aromatic N) is 1. The Hall–Kier alpha value is -0.800. The Morgan fingerprint density at radius 3 is 2.65 bits per heavy atom. The van der Waals surface area contributed by atoms with Gasteiger partial charge in [-0.25, -0.2) is 4.98 Å². The van der Waals surface area contributed by atoms with Crippen LogP contribution in [0, 0.1) is 18.3 Å². The molecular weight excluding hydrogens is 236 g/mol. The predicted molar refractivity (Wildman–Crippen MR) is 69.9 cm³/mol. The van der Waals surface area contributed by atoms with Crippen LogP contribution in [-0.4, -0.2) is 10.1 Å². The standard InChI is InChI=1S/C13H19ClN2O/c1-7-9(4-10(14)12(15)16-7)11(17)8-5-13(2,3)6-8/h4,8,11,17H,5-6H2,1-3H3,(H2,15,16)/t11-/m0/s1. The summed E-state index contributed by atoms with van der Waals surface area (Å²) < 4.78 is 0. The molecule has 0 amide bonds. The van der Waals surface area contributed by atoms with Crippen molar-refractivity contribution in [2.45, 2.75) is 39.7 Å². The lowest BCUT2D eigenvalue weighted by Gasteiger charge is -2.45. The van der Waals surface area contributed by atoms with Crippen molar-refractivity contribution < 1.29 is 5.11 Å².